The van der Waals surface area contributed by atoms with E-state index >= 15 is 0 Å². The minimum absolute atomic E-state index is 0.406. The van der Waals surface area contributed by atoms with Crippen molar-refractivity contribution in [1.82, 2.24) is 4.98 Å². The predicted molar refractivity (Wildman–Crippen MR) is 72.6 cm³/mol. The molecule has 0 fully saturated rings. The molecule has 0 radical (unpaired) electrons. The van der Waals surface area contributed by atoms with Crippen LogP contribution in [0.5, 0.6) is 5.75 Å². The van der Waals surface area contributed by atoms with E-state index < -0.39 is 0 Å². The number of halogens is 1. The minimum Gasteiger partial charge on any atom is -0.486 e. The molecule has 1 aromatic heterocycles. The van der Waals surface area contributed by atoms with Crippen molar-refractivity contribution in [2.24, 2.45) is 5.73 Å². The van der Waals surface area contributed by atoms with Crippen LogP contribution < -0.4 is 10.5 Å². The molecule has 3 nitrogen and oxygen atoms in total. The summed E-state index contributed by atoms with van der Waals surface area (Å²) in [7, 11) is 0. The van der Waals surface area contributed by atoms with Gasteiger partial charge in [-0.15, -0.1) is 0 Å². The van der Waals surface area contributed by atoms with Gasteiger partial charge in [-0.2, -0.15) is 0 Å². The molecular weight excluding hydrogens is 248 g/mol. The SMILES string of the molecule is Cc1cccc(COc2ccc(CN)cc2Cl)n1. The Labute approximate surface area is 112 Å². The van der Waals surface area contributed by atoms with Gasteiger partial charge in [-0.3, -0.25) is 4.98 Å². The van der Waals surface area contributed by atoms with Crippen LogP contribution in [0, 0.1) is 6.92 Å². The fourth-order valence-corrected chi connectivity index (χ4v) is 1.88. The number of aryl methyl sites for hydroxylation is 1. The Morgan fingerprint density at radius 2 is 2.11 bits per heavy atom. The summed E-state index contributed by atoms with van der Waals surface area (Å²) in [5.41, 5.74) is 8.38. The molecule has 94 valence electrons. The lowest BCUT2D eigenvalue weighted by Gasteiger charge is -2.09. The van der Waals surface area contributed by atoms with Crippen LogP contribution in [-0.2, 0) is 13.2 Å². The van der Waals surface area contributed by atoms with Crippen molar-refractivity contribution >= 4 is 11.6 Å². The van der Waals surface area contributed by atoms with Gasteiger partial charge in [-0.05, 0) is 36.8 Å². The second-order valence-corrected chi connectivity index (χ2v) is 4.44. The highest BCUT2D eigenvalue weighted by molar-refractivity contribution is 6.32. The monoisotopic (exact) mass is 262 g/mol. The third-order valence-corrected chi connectivity index (χ3v) is 2.85. The largest absolute Gasteiger partial charge is 0.486 e. The van der Waals surface area contributed by atoms with Gasteiger partial charge in [0.1, 0.15) is 12.4 Å². The number of ether oxygens (including phenoxy) is 1. The summed E-state index contributed by atoms with van der Waals surface area (Å²) in [5, 5.41) is 0.575. The van der Waals surface area contributed by atoms with Gasteiger partial charge in [-0.25, -0.2) is 0 Å². The lowest BCUT2D eigenvalue weighted by molar-refractivity contribution is 0.301. The van der Waals surface area contributed by atoms with E-state index in [4.69, 9.17) is 22.1 Å². The van der Waals surface area contributed by atoms with E-state index in [1.54, 1.807) is 0 Å². The van der Waals surface area contributed by atoms with E-state index in [0.717, 1.165) is 17.0 Å². The fourth-order valence-electron chi connectivity index (χ4n) is 1.62. The maximum absolute atomic E-state index is 6.10. The Bertz CT molecular complexity index is 543. The lowest BCUT2D eigenvalue weighted by atomic mass is 10.2. The lowest BCUT2D eigenvalue weighted by Crippen LogP contribution is -2.00. The smallest absolute Gasteiger partial charge is 0.138 e. The summed E-state index contributed by atoms with van der Waals surface area (Å²) in [6.07, 6.45) is 0. The Morgan fingerprint density at radius 1 is 1.28 bits per heavy atom. The van der Waals surface area contributed by atoms with Crippen LogP contribution in [0.25, 0.3) is 0 Å². The summed E-state index contributed by atoms with van der Waals surface area (Å²) in [6, 6.07) is 11.4. The molecule has 0 saturated carbocycles. The van der Waals surface area contributed by atoms with Crippen LogP contribution in [0.4, 0.5) is 0 Å². The van der Waals surface area contributed by atoms with Gasteiger partial charge < -0.3 is 10.5 Å². The molecule has 18 heavy (non-hydrogen) atoms. The zero-order chi connectivity index (χ0) is 13.0. The molecule has 2 rings (SSSR count). The van der Waals surface area contributed by atoms with E-state index in [1.807, 2.05) is 43.3 Å². The molecular formula is C14H15ClN2O. The molecule has 0 aliphatic heterocycles. The first-order valence-electron chi connectivity index (χ1n) is 5.73. The van der Waals surface area contributed by atoms with Crippen molar-refractivity contribution in [3.05, 3.63) is 58.4 Å². The molecule has 0 saturated heterocycles. The normalized spacial score (nSPS) is 10.4. The van der Waals surface area contributed by atoms with Crippen molar-refractivity contribution < 1.29 is 4.74 Å². The number of benzene rings is 1. The molecule has 0 amide bonds. The van der Waals surface area contributed by atoms with Crippen molar-refractivity contribution in [1.29, 1.82) is 0 Å². The van der Waals surface area contributed by atoms with Crippen LogP contribution in [-0.4, -0.2) is 4.98 Å². The highest BCUT2D eigenvalue weighted by atomic mass is 35.5. The van der Waals surface area contributed by atoms with E-state index in [0.29, 0.717) is 23.9 Å². The molecule has 2 N–H and O–H groups in total. The quantitative estimate of drug-likeness (QED) is 0.921. The molecule has 0 atom stereocenters. The van der Waals surface area contributed by atoms with Crippen LogP contribution in [0.3, 0.4) is 0 Å². The van der Waals surface area contributed by atoms with Crippen molar-refractivity contribution in [2.75, 3.05) is 0 Å². The Morgan fingerprint density at radius 3 is 2.78 bits per heavy atom. The summed E-state index contributed by atoms with van der Waals surface area (Å²) in [5.74, 6) is 0.650. The summed E-state index contributed by atoms with van der Waals surface area (Å²) in [6.45, 7) is 2.83. The van der Waals surface area contributed by atoms with E-state index in [2.05, 4.69) is 4.98 Å². The van der Waals surface area contributed by atoms with Crippen LogP contribution in [0.15, 0.2) is 36.4 Å². The van der Waals surface area contributed by atoms with Gasteiger partial charge in [0.05, 0.1) is 10.7 Å². The van der Waals surface area contributed by atoms with Crippen LogP contribution in [0.1, 0.15) is 17.0 Å². The molecule has 1 heterocycles. The molecule has 0 unspecified atom stereocenters. The third kappa shape index (κ3) is 3.22. The third-order valence-electron chi connectivity index (χ3n) is 2.55. The van der Waals surface area contributed by atoms with Gasteiger partial charge >= 0.3 is 0 Å². The van der Waals surface area contributed by atoms with Gasteiger partial charge in [0, 0.05) is 12.2 Å². The Hall–Kier alpha value is -1.58. The molecule has 2 aromatic rings. The van der Waals surface area contributed by atoms with Crippen molar-refractivity contribution in [3.63, 3.8) is 0 Å². The number of hydrogen-bond acceptors (Lipinski definition) is 3. The molecule has 0 aliphatic carbocycles. The number of aromatic nitrogens is 1. The summed E-state index contributed by atoms with van der Waals surface area (Å²) >= 11 is 6.10. The average molecular weight is 263 g/mol. The maximum Gasteiger partial charge on any atom is 0.138 e. The molecule has 4 heteroatoms. The average Bonchev–Trinajstić information content (AvgIpc) is 2.37. The number of nitrogens with zero attached hydrogens (tertiary/aromatic N) is 1. The Kier molecular flexibility index (Phi) is 4.18. The van der Waals surface area contributed by atoms with Crippen LogP contribution in [0.2, 0.25) is 5.02 Å². The number of rotatable bonds is 4. The zero-order valence-corrected chi connectivity index (χ0v) is 10.9. The minimum atomic E-state index is 0.406. The van der Waals surface area contributed by atoms with Crippen molar-refractivity contribution in [3.8, 4) is 5.75 Å². The molecule has 0 spiro atoms. The highest BCUT2D eigenvalue weighted by Gasteiger charge is 2.03. The van der Waals surface area contributed by atoms with Gasteiger partial charge in [-0.1, -0.05) is 23.7 Å². The van der Waals surface area contributed by atoms with Crippen LogP contribution >= 0.6 is 11.6 Å². The fraction of sp³-hybridized carbons (Fsp3) is 0.214. The van der Waals surface area contributed by atoms with Gasteiger partial charge in [0.2, 0.25) is 0 Å². The molecule has 0 aliphatic rings. The number of pyridine rings is 1. The maximum atomic E-state index is 6.10. The summed E-state index contributed by atoms with van der Waals surface area (Å²) in [4.78, 5) is 4.36. The standard InChI is InChI=1S/C14H15ClN2O/c1-10-3-2-4-12(17-10)9-18-14-6-5-11(8-16)7-13(14)15/h2-7H,8-9,16H2,1H3. The van der Waals surface area contributed by atoms with Gasteiger partial charge in [0.15, 0.2) is 0 Å². The predicted octanol–water partition coefficient (Wildman–Crippen LogP) is 3.08. The first-order chi connectivity index (χ1) is 8.69. The second kappa shape index (κ2) is 5.85. The first-order valence-corrected chi connectivity index (χ1v) is 6.10. The van der Waals surface area contributed by atoms with E-state index in [-0.39, 0.29) is 0 Å². The first kappa shape index (κ1) is 12.9. The Balaban J connectivity index is 2.06. The van der Waals surface area contributed by atoms with Gasteiger partial charge in [0.25, 0.3) is 0 Å². The molecule has 1 aromatic carbocycles. The van der Waals surface area contributed by atoms with E-state index in [9.17, 15) is 0 Å². The highest BCUT2D eigenvalue weighted by Crippen LogP contribution is 2.26. The second-order valence-electron chi connectivity index (χ2n) is 4.03. The zero-order valence-electron chi connectivity index (χ0n) is 10.2. The summed E-state index contributed by atoms with van der Waals surface area (Å²) < 4.78 is 5.64. The van der Waals surface area contributed by atoms with Crippen molar-refractivity contribution in [2.45, 2.75) is 20.1 Å². The molecule has 0 bridgehead atoms. The number of hydrogen-bond donors (Lipinski definition) is 1. The number of nitrogens with two attached hydrogens (primary N) is 1. The topological polar surface area (TPSA) is 48.1 Å². The van der Waals surface area contributed by atoms with E-state index in [1.165, 1.54) is 0 Å².